The van der Waals surface area contributed by atoms with Gasteiger partial charge in [-0.1, -0.05) is 123 Å². The fourth-order valence-electron chi connectivity index (χ4n) is 6.00. The van der Waals surface area contributed by atoms with Crippen molar-refractivity contribution >= 4 is 11.7 Å². The van der Waals surface area contributed by atoms with Crippen molar-refractivity contribution in [2.24, 2.45) is 0 Å². The first-order valence-electron chi connectivity index (χ1n) is 19.3. The molecule has 57 heavy (non-hydrogen) atoms. The Balaban J connectivity index is 0.000000484. The summed E-state index contributed by atoms with van der Waals surface area (Å²) in [7, 11) is 0. The van der Waals surface area contributed by atoms with Crippen molar-refractivity contribution in [2.45, 2.75) is 66.4 Å². The maximum atomic E-state index is 12.9. The number of para-hydroxylation sites is 1. The smallest absolute Gasteiger partial charge is 0.684 e. The minimum Gasteiger partial charge on any atom is -0.684 e. The third-order valence-electron chi connectivity index (χ3n) is 8.97. The van der Waals surface area contributed by atoms with Gasteiger partial charge in [0, 0.05) is 11.1 Å². The summed E-state index contributed by atoms with van der Waals surface area (Å²) in [5.74, 6) is 0.736. The van der Waals surface area contributed by atoms with Crippen LogP contribution in [0.1, 0.15) is 95.3 Å². The van der Waals surface area contributed by atoms with Gasteiger partial charge in [-0.05, 0) is 55.9 Å². The van der Waals surface area contributed by atoms with Crippen molar-refractivity contribution in [1.82, 2.24) is 0 Å². The molecule has 0 amide bonds. The molecular weight excluding hydrogens is 782 g/mol. The first-order valence-corrected chi connectivity index (χ1v) is 19.3. The van der Waals surface area contributed by atoms with Crippen LogP contribution in [0.5, 0.6) is 11.5 Å². The van der Waals surface area contributed by atoms with E-state index in [1.165, 1.54) is 16.7 Å². The third-order valence-corrected chi connectivity index (χ3v) is 8.97. The van der Waals surface area contributed by atoms with Crippen molar-refractivity contribution in [3.05, 3.63) is 203 Å². The number of nitrogens with zero attached hydrogens (tertiary/aromatic N) is 1. The van der Waals surface area contributed by atoms with Crippen molar-refractivity contribution in [3.63, 3.8) is 0 Å². The van der Waals surface area contributed by atoms with Crippen LogP contribution in [0.15, 0.2) is 140 Å². The largest absolute Gasteiger partial charge is 3.00 e. The number of phenols is 1. The minimum absolute atomic E-state index is 0. The van der Waals surface area contributed by atoms with Crippen LogP contribution in [0.4, 0.5) is 5.69 Å². The molecule has 6 heteroatoms. The van der Waals surface area contributed by atoms with Gasteiger partial charge in [0.15, 0.2) is 0 Å². The van der Waals surface area contributed by atoms with Crippen LogP contribution < -0.4 is 4.74 Å². The molecule has 0 aromatic heterocycles. The number of rotatable bonds is 12. The summed E-state index contributed by atoms with van der Waals surface area (Å²) in [5.41, 5.74) is 10.4. The van der Waals surface area contributed by atoms with E-state index in [9.17, 15) is 9.90 Å². The number of hydrogen-bond donors (Lipinski definition) is 1. The van der Waals surface area contributed by atoms with Crippen LogP contribution in [0.2, 0.25) is 0 Å². The second-order valence-corrected chi connectivity index (χ2v) is 14.4. The summed E-state index contributed by atoms with van der Waals surface area (Å²) in [4.78, 5) is 12.9. The first-order chi connectivity index (χ1) is 26.9. The van der Waals surface area contributed by atoms with Gasteiger partial charge < -0.3 is 19.9 Å². The van der Waals surface area contributed by atoms with Crippen LogP contribution in [0, 0.1) is 27.7 Å². The van der Waals surface area contributed by atoms with Gasteiger partial charge in [-0.15, -0.1) is 36.5 Å². The van der Waals surface area contributed by atoms with Gasteiger partial charge in [0.2, 0.25) is 0 Å². The van der Waals surface area contributed by atoms with E-state index in [1.807, 2.05) is 116 Å². The molecule has 6 aromatic rings. The second kappa shape index (κ2) is 23.8. The number of hydrogen-bond acceptors (Lipinski definition) is 4. The SMILES string of the molecule is Cc1ccc(OCCC[N-]c2c(C(C)C)cc(C)cc2C(C)C)c(-c2cccc(C(=O)OCc3ccccc3)c2O)c1.[CH2-]c1ccccc1.[CH2-]c1ccccc1.[Zr+3]. The molecule has 6 rings (SSSR count). The molecule has 0 bridgehead atoms. The van der Waals surface area contributed by atoms with Crippen molar-refractivity contribution < 1.29 is 45.6 Å². The van der Waals surface area contributed by atoms with E-state index in [1.54, 1.807) is 18.2 Å². The molecule has 0 saturated carbocycles. The molecule has 0 saturated heterocycles. The van der Waals surface area contributed by atoms with E-state index < -0.39 is 5.97 Å². The Bertz CT molecular complexity index is 2030. The summed E-state index contributed by atoms with van der Waals surface area (Å²) in [6, 6.07) is 44.7. The fraction of sp³-hybridized carbons (Fsp3) is 0.235. The average molecular weight is 838 g/mol. The Hall–Kier alpha value is -5.19. The van der Waals surface area contributed by atoms with Gasteiger partial charge in [0.1, 0.15) is 23.7 Å². The Morgan fingerprint density at radius 3 is 1.72 bits per heavy atom. The molecule has 0 spiro atoms. The average Bonchev–Trinajstić information content (AvgIpc) is 3.19. The summed E-state index contributed by atoms with van der Waals surface area (Å²) < 4.78 is 11.7. The Morgan fingerprint density at radius 2 is 1.21 bits per heavy atom. The zero-order chi connectivity index (χ0) is 40.5. The zero-order valence-corrected chi connectivity index (χ0v) is 36.8. The van der Waals surface area contributed by atoms with Gasteiger partial charge in [0.25, 0.3) is 0 Å². The molecule has 293 valence electrons. The number of esters is 1. The topological polar surface area (TPSA) is 69.9 Å². The zero-order valence-electron chi connectivity index (χ0n) is 34.3. The number of aryl methyl sites for hydroxylation is 2. The molecule has 0 unspecified atom stereocenters. The van der Waals surface area contributed by atoms with Crippen molar-refractivity contribution in [2.75, 3.05) is 13.2 Å². The van der Waals surface area contributed by atoms with E-state index in [-0.39, 0.29) is 44.1 Å². The van der Waals surface area contributed by atoms with Gasteiger partial charge in [-0.25, -0.2) is 4.79 Å². The maximum Gasteiger partial charge on any atom is 3.00 e. The van der Waals surface area contributed by atoms with E-state index in [0.29, 0.717) is 36.3 Å². The standard InChI is InChI=1S/C37H42NO4.2C7H7.Zr/c1-24(2)31-21-27(6)22-32(25(3)4)35(31)38-18-11-19-41-34-17-16-26(5)20-33(34)29-14-10-15-30(36(29)39)37(40)42-23-28-12-8-7-9-13-28;2*1-7-5-3-2-4-6-7;/h7-10,12-17,20-22,24-25H,11,18-19,23H2,1-6H3,(H,39,40);2*2-6H,1H2;/q3*-1;+3. The monoisotopic (exact) mass is 836 g/mol. The van der Waals surface area contributed by atoms with Crippen LogP contribution in [0.3, 0.4) is 0 Å². The van der Waals surface area contributed by atoms with Crippen molar-refractivity contribution in [1.29, 1.82) is 0 Å². The summed E-state index contributed by atoms with van der Waals surface area (Å²) in [6.45, 7) is 21.7. The van der Waals surface area contributed by atoms with Crippen LogP contribution in [-0.4, -0.2) is 24.2 Å². The molecule has 0 aliphatic rings. The first kappa shape index (κ1) is 46.2. The summed E-state index contributed by atoms with van der Waals surface area (Å²) in [5, 5.41) is 16.2. The fourth-order valence-corrected chi connectivity index (χ4v) is 6.00. The molecular formula is C51H56NO4Zr. The Labute approximate surface area is 360 Å². The number of carbonyl (C=O) groups is 1. The molecule has 1 radical (unpaired) electrons. The molecule has 0 heterocycles. The Morgan fingerprint density at radius 1 is 0.667 bits per heavy atom. The molecule has 5 nitrogen and oxygen atoms in total. The van der Waals surface area contributed by atoms with Crippen LogP contribution in [0.25, 0.3) is 16.4 Å². The molecule has 1 N–H and O–H groups in total. The number of aromatic hydroxyl groups is 1. The molecule has 0 fully saturated rings. The van der Waals surface area contributed by atoms with Crippen molar-refractivity contribution in [3.8, 4) is 22.6 Å². The maximum absolute atomic E-state index is 12.9. The molecule has 6 aromatic carbocycles. The number of ether oxygens (including phenoxy) is 2. The molecule has 0 atom stereocenters. The number of phenolic OH excluding ortho intramolecular Hbond substituents is 1. The van der Waals surface area contributed by atoms with Gasteiger partial charge >= 0.3 is 32.2 Å². The summed E-state index contributed by atoms with van der Waals surface area (Å²) in [6.07, 6.45) is 0.744. The quantitative estimate of drug-likeness (QED) is 0.0757. The van der Waals surface area contributed by atoms with Gasteiger partial charge in [-0.2, -0.15) is 49.2 Å². The summed E-state index contributed by atoms with van der Waals surface area (Å²) >= 11 is 0. The van der Waals surface area contributed by atoms with Crippen LogP contribution in [-0.2, 0) is 37.5 Å². The molecule has 0 aliphatic heterocycles. The van der Waals surface area contributed by atoms with Crippen LogP contribution >= 0.6 is 0 Å². The Kier molecular flexibility index (Phi) is 19.3. The minimum atomic E-state index is -0.576. The predicted octanol–water partition coefficient (Wildman–Crippen LogP) is 13.5. The van der Waals surface area contributed by atoms with E-state index in [2.05, 4.69) is 60.6 Å². The second-order valence-electron chi connectivity index (χ2n) is 14.4. The predicted molar refractivity (Wildman–Crippen MR) is 233 cm³/mol. The van der Waals surface area contributed by atoms with E-state index in [0.717, 1.165) is 39.9 Å². The van der Waals surface area contributed by atoms with Gasteiger partial charge in [0.05, 0.1) is 6.61 Å². The number of carbonyl (C=O) groups excluding carboxylic acids is 1. The van der Waals surface area contributed by atoms with Gasteiger partial charge in [-0.3, -0.25) is 0 Å². The number of benzene rings is 6. The molecule has 0 aliphatic carbocycles. The van der Waals surface area contributed by atoms with E-state index in [4.69, 9.17) is 14.8 Å². The third kappa shape index (κ3) is 14.7. The normalized spacial score (nSPS) is 10.3. The van der Waals surface area contributed by atoms with E-state index >= 15 is 0 Å².